The third-order valence-corrected chi connectivity index (χ3v) is 4.30. The SMILES string of the molecule is CNS(=O)(=O)c1ccc(NC2CNC2)c([N+](=O)[O-])c1. The maximum atomic E-state index is 11.6. The van der Waals surface area contributed by atoms with Crippen molar-refractivity contribution in [3.05, 3.63) is 28.3 Å². The molecule has 2 rings (SSSR count). The van der Waals surface area contributed by atoms with E-state index in [1.165, 1.54) is 19.2 Å². The van der Waals surface area contributed by atoms with Gasteiger partial charge in [-0.1, -0.05) is 0 Å². The van der Waals surface area contributed by atoms with Crippen LogP contribution in [-0.4, -0.2) is 39.5 Å². The van der Waals surface area contributed by atoms with Crippen molar-refractivity contribution in [2.24, 2.45) is 0 Å². The highest BCUT2D eigenvalue weighted by Crippen LogP contribution is 2.28. The Morgan fingerprint density at radius 3 is 2.58 bits per heavy atom. The van der Waals surface area contributed by atoms with Crippen LogP contribution in [-0.2, 0) is 10.0 Å². The molecule has 1 aromatic carbocycles. The third-order valence-electron chi connectivity index (χ3n) is 2.89. The predicted molar refractivity (Wildman–Crippen MR) is 69.6 cm³/mol. The first-order valence-electron chi connectivity index (χ1n) is 5.63. The van der Waals surface area contributed by atoms with Crippen LogP contribution in [0.5, 0.6) is 0 Å². The number of nitrogens with zero attached hydrogens (tertiary/aromatic N) is 1. The van der Waals surface area contributed by atoms with E-state index in [4.69, 9.17) is 0 Å². The monoisotopic (exact) mass is 286 g/mol. The van der Waals surface area contributed by atoms with Crippen LogP contribution in [0.1, 0.15) is 0 Å². The van der Waals surface area contributed by atoms with Crippen LogP contribution in [0.25, 0.3) is 0 Å². The Bertz CT molecular complexity index is 598. The van der Waals surface area contributed by atoms with Gasteiger partial charge in [-0.05, 0) is 19.2 Å². The van der Waals surface area contributed by atoms with Gasteiger partial charge in [0.05, 0.1) is 15.9 Å². The van der Waals surface area contributed by atoms with Crippen LogP contribution in [0.2, 0.25) is 0 Å². The molecule has 1 saturated heterocycles. The van der Waals surface area contributed by atoms with Crippen molar-refractivity contribution in [3.63, 3.8) is 0 Å². The molecule has 3 N–H and O–H groups in total. The van der Waals surface area contributed by atoms with Crippen molar-refractivity contribution >= 4 is 21.4 Å². The van der Waals surface area contributed by atoms with Gasteiger partial charge in [-0.15, -0.1) is 0 Å². The lowest BCUT2D eigenvalue weighted by Crippen LogP contribution is -2.51. The Balaban J connectivity index is 2.37. The van der Waals surface area contributed by atoms with E-state index < -0.39 is 14.9 Å². The smallest absolute Gasteiger partial charge is 0.293 e. The Morgan fingerprint density at radius 2 is 2.11 bits per heavy atom. The molecule has 0 bridgehead atoms. The number of anilines is 1. The molecule has 0 saturated carbocycles. The van der Waals surface area contributed by atoms with E-state index >= 15 is 0 Å². The van der Waals surface area contributed by atoms with Crippen LogP contribution in [0.3, 0.4) is 0 Å². The quantitative estimate of drug-likeness (QED) is 0.514. The van der Waals surface area contributed by atoms with Gasteiger partial charge in [0.2, 0.25) is 10.0 Å². The van der Waals surface area contributed by atoms with E-state index in [0.717, 1.165) is 19.2 Å². The predicted octanol–water partition coefficient (Wildman–Crippen LogP) is -0.113. The summed E-state index contributed by atoms with van der Waals surface area (Å²) in [4.78, 5) is 10.3. The fraction of sp³-hybridized carbons (Fsp3) is 0.400. The maximum Gasteiger partial charge on any atom is 0.293 e. The van der Waals surface area contributed by atoms with Gasteiger partial charge in [0.1, 0.15) is 5.69 Å². The summed E-state index contributed by atoms with van der Waals surface area (Å²) in [7, 11) is -2.43. The van der Waals surface area contributed by atoms with Crippen molar-refractivity contribution < 1.29 is 13.3 Å². The number of nitrogens with one attached hydrogen (secondary N) is 3. The molecule has 1 heterocycles. The largest absolute Gasteiger partial charge is 0.374 e. The first-order chi connectivity index (χ1) is 8.94. The normalized spacial score (nSPS) is 15.8. The zero-order valence-corrected chi connectivity index (χ0v) is 11.0. The van der Waals surface area contributed by atoms with Crippen LogP contribution in [0, 0.1) is 10.1 Å². The molecule has 0 aromatic heterocycles. The zero-order valence-electron chi connectivity index (χ0n) is 10.2. The average Bonchev–Trinajstić information content (AvgIpc) is 2.33. The van der Waals surface area contributed by atoms with E-state index in [0.29, 0.717) is 5.69 Å². The molecule has 1 aliphatic rings. The standard InChI is InChI=1S/C10H14N4O4S/c1-11-19(17,18)8-2-3-9(10(4-8)14(15)16)13-7-5-12-6-7/h2-4,7,11-13H,5-6H2,1H3. The van der Waals surface area contributed by atoms with Gasteiger partial charge in [-0.25, -0.2) is 13.1 Å². The lowest BCUT2D eigenvalue weighted by molar-refractivity contribution is -0.384. The van der Waals surface area contributed by atoms with Crippen LogP contribution >= 0.6 is 0 Å². The fourth-order valence-corrected chi connectivity index (χ4v) is 2.43. The van der Waals surface area contributed by atoms with E-state index in [1.807, 2.05) is 0 Å². The van der Waals surface area contributed by atoms with Gasteiger partial charge < -0.3 is 10.6 Å². The van der Waals surface area contributed by atoms with Crippen molar-refractivity contribution in [2.75, 3.05) is 25.5 Å². The highest BCUT2D eigenvalue weighted by Gasteiger charge is 2.24. The average molecular weight is 286 g/mol. The summed E-state index contributed by atoms with van der Waals surface area (Å²) in [6.07, 6.45) is 0. The molecule has 0 atom stereocenters. The molecular weight excluding hydrogens is 272 g/mol. The molecular formula is C10H14N4O4S. The summed E-state index contributed by atoms with van der Waals surface area (Å²) in [6.45, 7) is 1.46. The van der Waals surface area contributed by atoms with E-state index in [1.54, 1.807) is 0 Å². The lowest BCUT2D eigenvalue weighted by Gasteiger charge is -2.28. The molecule has 0 radical (unpaired) electrons. The summed E-state index contributed by atoms with van der Waals surface area (Å²) >= 11 is 0. The minimum absolute atomic E-state index is 0.126. The van der Waals surface area contributed by atoms with Gasteiger partial charge in [-0.3, -0.25) is 10.1 Å². The highest BCUT2D eigenvalue weighted by molar-refractivity contribution is 7.89. The Morgan fingerprint density at radius 1 is 1.42 bits per heavy atom. The maximum absolute atomic E-state index is 11.6. The first-order valence-corrected chi connectivity index (χ1v) is 7.11. The molecule has 0 amide bonds. The van der Waals surface area contributed by atoms with Gasteiger partial charge in [0.25, 0.3) is 5.69 Å². The van der Waals surface area contributed by atoms with Crippen molar-refractivity contribution in [1.82, 2.24) is 10.0 Å². The Hall–Kier alpha value is -1.71. The molecule has 1 aliphatic heterocycles. The van der Waals surface area contributed by atoms with Gasteiger partial charge in [-0.2, -0.15) is 0 Å². The molecule has 9 heteroatoms. The highest BCUT2D eigenvalue weighted by atomic mass is 32.2. The number of nitro benzene ring substituents is 1. The van der Waals surface area contributed by atoms with E-state index in [2.05, 4.69) is 15.4 Å². The number of benzene rings is 1. The summed E-state index contributed by atoms with van der Waals surface area (Å²) in [6, 6.07) is 3.94. The second-order valence-corrected chi connectivity index (χ2v) is 6.03. The molecule has 0 spiro atoms. The van der Waals surface area contributed by atoms with Crippen molar-refractivity contribution in [2.45, 2.75) is 10.9 Å². The van der Waals surface area contributed by atoms with Gasteiger partial charge in [0, 0.05) is 19.2 Å². The van der Waals surface area contributed by atoms with Crippen LogP contribution in [0.15, 0.2) is 23.1 Å². The topological polar surface area (TPSA) is 113 Å². The minimum Gasteiger partial charge on any atom is -0.374 e. The Labute approximate surface area is 110 Å². The van der Waals surface area contributed by atoms with Crippen LogP contribution < -0.4 is 15.4 Å². The van der Waals surface area contributed by atoms with E-state index in [-0.39, 0.29) is 16.6 Å². The molecule has 1 fully saturated rings. The summed E-state index contributed by atoms with van der Waals surface area (Å²) in [5.41, 5.74) is 0.0785. The molecule has 0 aliphatic carbocycles. The Kier molecular flexibility index (Phi) is 3.69. The van der Waals surface area contributed by atoms with Crippen LogP contribution in [0.4, 0.5) is 11.4 Å². The second-order valence-electron chi connectivity index (χ2n) is 4.14. The van der Waals surface area contributed by atoms with Gasteiger partial charge in [0.15, 0.2) is 0 Å². The third kappa shape index (κ3) is 2.83. The number of rotatable bonds is 5. The molecule has 8 nitrogen and oxygen atoms in total. The number of sulfonamides is 1. The summed E-state index contributed by atoms with van der Waals surface area (Å²) in [5, 5.41) is 17.1. The molecule has 104 valence electrons. The first kappa shape index (κ1) is 13.7. The molecule has 0 unspecified atom stereocenters. The molecule has 19 heavy (non-hydrogen) atoms. The lowest BCUT2D eigenvalue weighted by atomic mass is 10.1. The van der Waals surface area contributed by atoms with E-state index in [9.17, 15) is 18.5 Å². The second kappa shape index (κ2) is 5.11. The number of nitro groups is 1. The summed E-state index contributed by atoms with van der Waals surface area (Å²) in [5.74, 6) is 0. The fourth-order valence-electron chi connectivity index (χ4n) is 1.68. The van der Waals surface area contributed by atoms with Crippen molar-refractivity contribution in [1.29, 1.82) is 0 Å². The van der Waals surface area contributed by atoms with Crippen molar-refractivity contribution in [3.8, 4) is 0 Å². The summed E-state index contributed by atoms with van der Waals surface area (Å²) < 4.78 is 25.4. The number of hydrogen-bond acceptors (Lipinski definition) is 6. The zero-order chi connectivity index (χ0) is 14.0. The minimum atomic E-state index is -3.69. The van der Waals surface area contributed by atoms with Gasteiger partial charge >= 0.3 is 0 Å². The number of hydrogen-bond donors (Lipinski definition) is 3. The molecule has 1 aromatic rings.